The first-order valence-corrected chi connectivity index (χ1v) is 12.7. The molecule has 3 N–H and O–H groups in total. The number of phenols is 1. The molecule has 0 heterocycles. The number of nitrogens with one attached hydrogen (secondary N) is 2. The van der Waals surface area contributed by atoms with Gasteiger partial charge in [0.25, 0.3) is 0 Å². The molecule has 0 radical (unpaired) electrons. The number of phenolic OH excluding ortho intramolecular Hbond substituents is 1. The predicted molar refractivity (Wildman–Crippen MR) is 136 cm³/mol. The van der Waals surface area contributed by atoms with E-state index in [9.17, 15) is 14.7 Å². The lowest BCUT2D eigenvalue weighted by Crippen LogP contribution is -2.58. The van der Waals surface area contributed by atoms with E-state index in [1.165, 1.54) is 6.42 Å². The molecular weight excluding hydrogens is 412 g/mol. The van der Waals surface area contributed by atoms with Crippen molar-refractivity contribution in [3.05, 3.63) is 28.8 Å². The van der Waals surface area contributed by atoms with E-state index < -0.39 is 5.54 Å². The first kappa shape index (κ1) is 27.2. The van der Waals surface area contributed by atoms with Crippen molar-refractivity contribution < 1.29 is 14.7 Å². The van der Waals surface area contributed by atoms with Crippen molar-refractivity contribution in [1.29, 1.82) is 0 Å². The summed E-state index contributed by atoms with van der Waals surface area (Å²) >= 11 is 0. The second-order valence-electron chi connectivity index (χ2n) is 12.1. The molecular formula is C28H46N2O3. The summed E-state index contributed by atoms with van der Waals surface area (Å²) in [6.07, 6.45) is 6.98. The Hall–Kier alpha value is -2.04. The highest BCUT2D eigenvalue weighted by molar-refractivity contribution is 5.91. The lowest BCUT2D eigenvalue weighted by Gasteiger charge is -2.32. The molecule has 186 valence electrons. The van der Waals surface area contributed by atoms with Crippen molar-refractivity contribution in [1.82, 2.24) is 10.6 Å². The third-order valence-corrected chi connectivity index (χ3v) is 6.99. The largest absolute Gasteiger partial charge is 0.507 e. The number of carbonyl (C=O) groups excluding carboxylic acids is 2. The van der Waals surface area contributed by atoms with Gasteiger partial charge < -0.3 is 15.7 Å². The number of amides is 2. The van der Waals surface area contributed by atoms with E-state index in [-0.39, 0.29) is 28.7 Å². The monoisotopic (exact) mass is 458 g/mol. The molecule has 5 heteroatoms. The first-order valence-electron chi connectivity index (χ1n) is 12.7. The zero-order valence-corrected chi connectivity index (χ0v) is 22.2. The fourth-order valence-electron chi connectivity index (χ4n) is 4.51. The van der Waals surface area contributed by atoms with Crippen molar-refractivity contribution in [2.45, 2.75) is 129 Å². The molecule has 33 heavy (non-hydrogen) atoms. The van der Waals surface area contributed by atoms with Gasteiger partial charge in [-0.2, -0.15) is 0 Å². The summed E-state index contributed by atoms with van der Waals surface area (Å²) in [5, 5.41) is 17.1. The zero-order chi connectivity index (χ0) is 25.0. The van der Waals surface area contributed by atoms with Gasteiger partial charge in [-0.15, -0.1) is 0 Å². The van der Waals surface area contributed by atoms with Crippen LogP contribution in [0.1, 0.15) is 117 Å². The summed E-state index contributed by atoms with van der Waals surface area (Å²) in [6.45, 7) is 16.3. The van der Waals surface area contributed by atoms with Crippen LogP contribution in [0, 0.1) is 0 Å². The SMILES string of the molecule is CC[C@@](C)(NC(=O)CCc1cc(C(C)(C)C)c(O)c(C(C)(C)C)c1)C(=O)NC1CCCCC1. The van der Waals surface area contributed by atoms with Gasteiger partial charge in [-0.3, -0.25) is 9.59 Å². The van der Waals surface area contributed by atoms with E-state index >= 15 is 0 Å². The normalized spacial score (nSPS) is 17.3. The summed E-state index contributed by atoms with van der Waals surface area (Å²) in [4.78, 5) is 25.8. The number of hydrogen-bond acceptors (Lipinski definition) is 3. The van der Waals surface area contributed by atoms with Crippen LogP contribution in [0.25, 0.3) is 0 Å². The van der Waals surface area contributed by atoms with Crippen LogP contribution >= 0.6 is 0 Å². The first-order chi connectivity index (χ1) is 15.2. The molecule has 1 fully saturated rings. The highest BCUT2D eigenvalue weighted by atomic mass is 16.3. The number of carbonyl (C=O) groups is 2. The van der Waals surface area contributed by atoms with Crippen LogP contribution in [0.15, 0.2) is 12.1 Å². The summed E-state index contributed by atoms with van der Waals surface area (Å²) in [5.41, 5.74) is 1.51. The Morgan fingerprint density at radius 1 is 0.939 bits per heavy atom. The number of hydrogen-bond donors (Lipinski definition) is 3. The van der Waals surface area contributed by atoms with Gasteiger partial charge in [-0.1, -0.05) is 79.9 Å². The maximum absolute atomic E-state index is 13.0. The Labute approximate surface area is 201 Å². The number of aryl methyl sites for hydroxylation is 1. The van der Waals surface area contributed by atoms with Crippen LogP contribution in [0.3, 0.4) is 0 Å². The van der Waals surface area contributed by atoms with E-state index in [1.807, 2.05) is 26.0 Å². The van der Waals surface area contributed by atoms with E-state index in [0.717, 1.165) is 42.4 Å². The molecule has 0 aromatic heterocycles. The van der Waals surface area contributed by atoms with Gasteiger partial charge >= 0.3 is 0 Å². The maximum atomic E-state index is 13.0. The maximum Gasteiger partial charge on any atom is 0.245 e. The Balaban J connectivity index is 2.11. The summed E-state index contributed by atoms with van der Waals surface area (Å²) in [7, 11) is 0. The third kappa shape index (κ3) is 7.22. The topological polar surface area (TPSA) is 78.4 Å². The molecule has 0 unspecified atom stereocenters. The standard InChI is InChI=1S/C28H46N2O3/c1-9-28(8,25(33)29-20-13-11-10-12-14-20)30-23(31)16-15-19-17-21(26(2,3)4)24(32)22(18-19)27(5,6)7/h17-18,20,32H,9-16H2,1-8H3,(H,29,33)(H,30,31)/t28-/m1/s1. The van der Waals surface area contributed by atoms with Gasteiger partial charge in [0, 0.05) is 12.5 Å². The highest BCUT2D eigenvalue weighted by Crippen LogP contribution is 2.40. The van der Waals surface area contributed by atoms with Crippen LogP contribution in [0.2, 0.25) is 0 Å². The number of benzene rings is 1. The van der Waals surface area contributed by atoms with Crippen LogP contribution in [-0.2, 0) is 26.8 Å². The molecule has 1 aromatic carbocycles. The molecule has 1 aliphatic carbocycles. The second-order valence-corrected chi connectivity index (χ2v) is 12.1. The molecule has 5 nitrogen and oxygen atoms in total. The molecule has 2 amide bonds. The van der Waals surface area contributed by atoms with Crippen molar-refractivity contribution in [3.63, 3.8) is 0 Å². The van der Waals surface area contributed by atoms with Gasteiger partial charge in [0.15, 0.2) is 0 Å². The molecule has 1 atom stereocenters. The Bertz CT molecular complexity index is 807. The Kier molecular flexibility index (Phi) is 8.64. The van der Waals surface area contributed by atoms with Gasteiger partial charge in [0.1, 0.15) is 11.3 Å². The molecule has 0 saturated heterocycles. The van der Waals surface area contributed by atoms with Crippen molar-refractivity contribution in [2.24, 2.45) is 0 Å². The lowest BCUT2D eigenvalue weighted by molar-refractivity contribution is -0.133. The van der Waals surface area contributed by atoms with Gasteiger partial charge in [-0.05, 0) is 60.1 Å². The molecule has 1 aliphatic rings. The van der Waals surface area contributed by atoms with Crippen molar-refractivity contribution >= 4 is 11.8 Å². The predicted octanol–water partition coefficient (Wildman–Crippen LogP) is 5.65. The fraction of sp³-hybridized carbons (Fsp3) is 0.714. The summed E-state index contributed by atoms with van der Waals surface area (Å²) in [5.74, 6) is 0.141. The van der Waals surface area contributed by atoms with Crippen LogP contribution < -0.4 is 10.6 Å². The molecule has 2 rings (SSSR count). The fourth-order valence-corrected chi connectivity index (χ4v) is 4.51. The third-order valence-electron chi connectivity index (χ3n) is 6.99. The van der Waals surface area contributed by atoms with Crippen LogP contribution in [0.5, 0.6) is 5.75 Å². The van der Waals surface area contributed by atoms with Gasteiger partial charge in [0.05, 0.1) is 0 Å². The molecule has 1 saturated carbocycles. The highest BCUT2D eigenvalue weighted by Gasteiger charge is 2.34. The van der Waals surface area contributed by atoms with Gasteiger partial charge in [-0.25, -0.2) is 0 Å². The Morgan fingerprint density at radius 2 is 1.45 bits per heavy atom. The second kappa shape index (κ2) is 10.5. The summed E-state index contributed by atoms with van der Waals surface area (Å²) in [6, 6.07) is 4.26. The van der Waals surface area contributed by atoms with Crippen molar-refractivity contribution in [3.8, 4) is 5.75 Å². The minimum absolute atomic E-state index is 0.0834. The number of aromatic hydroxyl groups is 1. The molecule has 1 aromatic rings. The van der Waals surface area contributed by atoms with Crippen LogP contribution in [-0.4, -0.2) is 28.5 Å². The van der Waals surface area contributed by atoms with Crippen LogP contribution in [0.4, 0.5) is 0 Å². The smallest absolute Gasteiger partial charge is 0.245 e. The quantitative estimate of drug-likeness (QED) is 0.494. The van der Waals surface area contributed by atoms with E-state index in [4.69, 9.17) is 0 Å². The average Bonchev–Trinajstić information content (AvgIpc) is 2.71. The minimum Gasteiger partial charge on any atom is -0.507 e. The van der Waals surface area contributed by atoms with Crippen molar-refractivity contribution in [2.75, 3.05) is 0 Å². The van der Waals surface area contributed by atoms with E-state index in [0.29, 0.717) is 25.0 Å². The summed E-state index contributed by atoms with van der Waals surface area (Å²) < 4.78 is 0. The average molecular weight is 459 g/mol. The lowest BCUT2D eigenvalue weighted by atomic mass is 9.78. The molecule has 0 spiro atoms. The molecule has 0 bridgehead atoms. The number of rotatable bonds is 7. The molecule has 0 aliphatic heterocycles. The zero-order valence-electron chi connectivity index (χ0n) is 22.2. The van der Waals surface area contributed by atoms with Gasteiger partial charge in [0.2, 0.25) is 11.8 Å². The Morgan fingerprint density at radius 3 is 1.91 bits per heavy atom. The minimum atomic E-state index is -0.906. The van der Waals surface area contributed by atoms with E-state index in [1.54, 1.807) is 0 Å². The van der Waals surface area contributed by atoms with E-state index in [2.05, 4.69) is 52.2 Å².